The van der Waals surface area contributed by atoms with Crippen molar-refractivity contribution in [2.45, 2.75) is 19.9 Å². The molecule has 1 amide bonds. The number of hydrogen-bond donors (Lipinski definition) is 1. The largest absolute Gasteiger partial charge is 0.507 e. The van der Waals surface area contributed by atoms with Gasteiger partial charge in [-0.3, -0.25) is 14.5 Å². The quantitative estimate of drug-likeness (QED) is 0.179. The molecule has 0 saturated carbocycles. The second-order valence-corrected chi connectivity index (χ2v) is 9.12. The lowest BCUT2D eigenvalue weighted by Gasteiger charge is -2.27. The van der Waals surface area contributed by atoms with Crippen LogP contribution in [0.25, 0.3) is 5.76 Å². The summed E-state index contributed by atoms with van der Waals surface area (Å²) in [6.45, 7) is 3.70. The number of aliphatic hydroxyl groups is 1. The Morgan fingerprint density at radius 2 is 1.47 bits per heavy atom. The summed E-state index contributed by atoms with van der Waals surface area (Å²) in [4.78, 5) is 28.5. The maximum Gasteiger partial charge on any atom is 0.300 e. The molecule has 6 heteroatoms. The molecule has 1 atom stereocenters. The van der Waals surface area contributed by atoms with Crippen LogP contribution in [-0.2, 0) is 9.59 Å². The van der Waals surface area contributed by atoms with Crippen LogP contribution in [0.3, 0.4) is 0 Å². The highest BCUT2D eigenvalue weighted by Crippen LogP contribution is 2.44. The van der Waals surface area contributed by atoms with E-state index < -0.39 is 17.7 Å². The maximum atomic E-state index is 13.5. The van der Waals surface area contributed by atoms with Crippen LogP contribution in [0.4, 0.5) is 5.69 Å². The molecule has 190 valence electrons. The lowest BCUT2D eigenvalue weighted by atomic mass is 9.93. The topological polar surface area (TPSA) is 76.1 Å². The summed E-state index contributed by atoms with van der Waals surface area (Å²) in [5.41, 5.74) is 3.24. The van der Waals surface area contributed by atoms with Crippen LogP contribution in [0.2, 0.25) is 0 Å². The van der Waals surface area contributed by atoms with Gasteiger partial charge < -0.3 is 14.6 Å². The molecule has 0 bridgehead atoms. The van der Waals surface area contributed by atoms with E-state index in [4.69, 9.17) is 9.47 Å². The van der Waals surface area contributed by atoms with Crippen molar-refractivity contribution in [1.82, 2.24) is 0 Å². The number of carbonyl (C=O) groups excluding carboxylic acids is 2. The van der Waals surface area contributed by atoms with Crippen LogP contribution >= 0.6 is 0 Å². The Kier molecular flexibility index (Phi) is 6.71. The first-order chi connectivity index (χ1) is 18.4. The van der Waals surface area contributed by atoms with E-state index in [0.29, 0.717) is 39.6 Å². The van der Waals surface area contributed by atoms with Crippen LogP contribution in [0.1, 0.15) is 28.3 Å². The van der Waals surface area contributed by atoms with Gasteiger partial charge in [0.1, 0.15) is 23.0 Å². The predicted octanol–water partition coefficient (Wildman–Crippen LogP) is 6.73. The van der Waals surface area contributed by atoms with E-state index in [2.05, 4.69) is 0 Å². The highest BCUT2D eigenvalue weighted by molar-refractivity contribution is 6.51. The first kappa shape index (κ1) is 24.8. The molecule has 6 nitrogen and oxygen atoms in total. The molecule has 1 aliphatic rings. The van der Waals surface area contributed by atoms with Crippen LogP contribution in [0, 0.1) is 13.8 Å². The van der Waals surface area contributed by atoms with Crippen LogP contribution in [0.15, 0.2) is 103 Å². The number of para-hydroxylation sites is 2. The molecular formula is C32H27NO5. The number of Topliss-reactive ketones (excluding diaryl/α,β-unsaturated/α-hetero) is 1. The molecule has 1 heterocycles. The van der Waals surface area contributed by atoms with Crippen LogP contribution in [0.5, 0.6) is 17.2 Å². The van der Waals surface area contributed by atoms with Gasteiger partial charge in [0.05, 0.1) is 18.7 Å². The Morgan fingerprint density at radius 1 is 0.763 bits per heavy atom. The number of aliphatic hydroxyl groups excluding tert-OH is 1. The number of hydrogen-bond acceptors (Lipinski definition) is 5. The first-order valence-corrected chi connectivity index (χ1v) is 12.2. The van der Waals surface area contributed by atoms with Gasteiger partial charge in [-0.05, 0) is 79.1 Å². The minimum absolute atomic E-state index is 0.0170. The average molecular weight is 506 g/mol. The van der Waals surface area contributed by atoms with Crippen molar-refractivity contribution < 1.29 is 24.2 Å². The summed E-state index contributed by atoms with van der Waals surface area (Å²) in [6, 6.07) is 28.3. The summed E-state index contributed by atoms with van der Waals surface area (Å²) in [7, 11) is 1.56. The number of nitrogens with zero attached hydrogens (tertiary/aromatic N) is 1. The molecule has 0 radical (unpaired) electrons. The van der Waals surface area contributed by atoms with E-state index in [1.165, 1.54) is 4.90 Å². The minimum Gasteiger partial charge on any atom is -0.507 e. The molecule has 1 N–H and O–H groups in total. The Hall–Kier alpha value is -4.84. The first-order valence-electron chi connectivity index (χ1n) is 12.2. The third-order valence-corrected chi connectivity index (χ3v) is 6.66. The number of ether oxygens (including phenoxy) is 2. The standard InChI is InChI=1S/C32H27NO5/c1-20-10-7-8-15-27(20)33-29(22-11-9-14-25(19-22)38-23-12-5-4-6-13-23)28(31(35)32(33)36)30(34)26-17-16-24(37-3)18-21(26)2/h4-19,29,34H,1-3H3/b30-28+. The van der Waals surface area contributed by atoms with Gasteiger partial charge in [0.2, 0.25) is 0 Å². The normalized spacial score (nSPS) is 16.5. The molecular weight excluding hydrogens is 478 g/mol. The summed E-state index contributed by atoms with van der Waals surface area (Å²) < 4.78 is 11.3. The molecule has 1 unspecified atom stereocenters. The molecule has 1 saturated heterocycles. The van der Waals surface area contributed by atoms with Crippen LogP contribution < -0.4 is 14.4 Å². The van der Waals surface area contributed by atoms with Crippen molar-refractivity contribution in [3.05, 3.63) is 125 Å². The average Bonchev–Trinajstić information content (AvgIpc) is 3.19. The maximum absolute atomic E-state index is 13.5. The SMILES string of the molecule is COc1ccc(/C(O)=C2\C(=O)C(=O)N(c3ccccc3C)C2c2cccc(Oc3ccccc3)c2)c(C)c1. The van der Waals surface area contributed by atoms with Crippen molar-refractivity contribution in [3.63, 3.8) is 0 Å². The number of amides is 1. The Bertz CT molecular complexity index is 1560. The molecule has 0 spiro atoms. The van der Waals surface area contributed by atoms with Crippen molar-refractivity contribution >= 4 is 23.1 Å². The summed E-state index contributed by atoms with van der Waals surface area (Å²) in [5.74, 6) is 0.142. The van der Waals surface area contributed by atoms with Gasteiger partial charge in [0.25, 0.3) is 11.7 Å². The molecule has 1 fully saturated rings. The van der Waals surface area contributed by atoms with E-state index in [1.54, 1.807) is 37.4 Å². The molecule has 5 rings (SSSR count). The van der Waals surface area contributed by atoms with Gasteiger partial charge in [0, 0.05) is 11.3 Å². The van der Waals surface area contributed by atoms with Gasteiger partial charge in [-0.25, -0.2) is 0 Å². The van der Waals surface area contributed by atoms with Gasteiger partial charge in [-0.2, -0.15) is 0 Å². The monoisotopic (exact) mass is 505 g/mol. The third-order valence-electron chi connectivity index (χ3n) is 6.66. The lowest BCUT2D eigenvalue weighted by molar-refractivity contribution is -0.132. The second kappa shape index (κ2) is 10.3. The van der Waals surface area contributed by atoms with E-state index in [1.807, 2.05) is 80.6 Å². The number of benzene rings is 4. The number of carbonyl (C=O) groups is 2. The van der Waals surface area contributed by atoms with Crippen LogP contribution in [-0.4, -0.2) is 23.9 Å². The summed E-state index contributed by atoms with van der Waals surface area (Å²) >= 11 is 0. The number of aryl methyl sites for hydroxylation is 2. The smallest absolute Gasteiger partial charge is 0.300 e. The third kappa shape index (κ3) is 4.52. The number of anilines is 1. The van der Waals surface area contributed by atoms with Crippen molar-refractivity contribution in [2.24, 2.45) is 0 Å². The molecule has 0 aliphatic carbocycles. The zero-order chi connectivity index (χ0) is 26.8. The fourth-order valence-corrected chi connectivity index (χ4v) is 4.78. The van der Waals surface area contributed by atoms with E-state index in [-0.39, 0.29) is 11.3 Å². The predicted molar refractivity (Wildman–Crippen MR) is 147 cm³/mol. The zero-order valence-corrected chi connectivity index (χ0v) is 21.3. The number of rotatable bonds is 6. The Morgan fingerprint density at radius 3 is 2.18 bits per heavy atom. The van der Waals surface area contributed by atoms with Gasteiger partial charge >= 0.3 is 0 Å². The van der Waals surface area contributed by atoms with Crippen molar-refractivity contribution in [1.29, 1.82) is 0 Å². The van der Waals surface area contributed by atoms with E-state index in [9.17, 15) is 14.7 Å². The Labute approximate surface area is 221 Å². The fourth-order valence-electron chi connectivity index (χ4n) is 4.78. The summed E-state index contributed by atoms with van der Waals surface area (Å²) in [6.07, 6.45) is 0. The molecule has 38 heavy (non-hydrogen) atoms. The fraction of sp³-hybridized carbons (Fsp3) is 0.125. The number of ketones is 1. The molecule has 1 aliphatic heterocycles. The van der Waals surface area contributed by atoms with Gasteiger partial charge in [-0.15, -0.1) is 0 Å². The van der Waals surface area contributed by atoms with Gasteiger partial charge in [-0.1, -0.05) is 48.5 Å². The molecule has 4 aromatic carbocycles. The number of methoxy groups -OCH3 is 1. The Balaban J connectivity index is 1.69. The second-order valence-electron chi connectivity index (χ2n) is 9.12. The van der Waals surface area contributed by atoms with Crippen molar-refractivity contribution in [3.8, 4) is 17.2 Å². The van der Waals surface area contributed by atoms with E-state index in [0.717, 1.165) is 5.56 Å². The minimum atomic E-state index is -0.864. The highest BCUT2D eigenvalue weighted by atomic mass is 16.5. The van der Waals surface area contributed by atoms with E-state index >= 15 is 0 Å². The highest BCUT2D eigenvalue weighted by Gasteiger charge is 2.47. The molecule has 0 aromatic heterocycles. The van der Waals surface area contributed by atoms with Crippen molar-refractivity contribution in [2.75, 3.05) is 12.0 Å². The van der Waals surface area contributed by atoms with Gasteiger partial charge in [0.15, 0.2) is 0 Å². The molecule has 4 aromatic rings. The summed E-state index contributed by atoms with van der Waals surface area (Å²) in [5, 5.41) is 11.5. The zero-order valence-electron chi connectivity index (χ0n) is 21.3. The lowest BCUT2D eigenvalue weighted by Crippen LogP contribution is -2.30.